The zero-order chi connectivity index (χ0) is 13.1. The number of hydrogen-bond donors (Lipinski definition) is 1. The first-order valence-corrected chi connectivity index (χ1v) is 7.42. The number of aryl methyl sites for hydroxylation is 1. The highest BCUT2D eigenvalue weighted by atomic mass is 79.9. The Labute approximate surface area is 116 Å². The van der Waals surface area contributed by atoms with Crippen LogP contribution in [0.2, 0.25) is 0 Å². The van der Waals surface area contributed by atoms with Crippen molar-refractivity contribution in [3.8, 4) is 0 Å². The van der Waals surface area contributed by atoms with E-state index >= 15 is 0 Å². The summed E-state index contributed by atoms with van der Waals surface area (Å²) in [4.78, 5) is 11.9. The van der Waals surface area contributed by atoms with Gasteiger partial charge in [0.15, 0.2) is 0 Å². The number of halogens is 1. The van der Waals surface area contributed by atoms with Crippen LogP contribution < -0.4 is 10.9 Å². The number of hydrogen-bond acceptors (Lipinski definition) is 3. The predicted octanol–water partition coefficient (Wildman–Crippen LogP) is 2.87. The Morgan fingerprint density at radius 3 is 2.94 bits per heavy atom. The minimum atomic E-state index is -0.0676. The van der Waals surface area contributed by atoms with Crippen molar-refractivity contribution in [3.63, 3.8) is 0 Å². The fourth-order valence-corrected chi connectivity index (χ4v) is 3.03. The number of anilines is 1. The Morgan fingerprint density at radius 2 is 2.33 bits per heavy atom. The molecule has 1 aliphatic carbocycles. The zero-order valence-corrected chi connectivity index (χ0v) is 12.5. The van der Waals surface area contributed by atoms with Gasteiger partial charge in [-0.25, -0.2) is 4.68 Å². The molecule has 1 N–H and O–H groups in total. The summed E-state index contributed by atoms with van der Waals surface area (Å²) in [6, 6.07) is 0. The van der Waals surface area contributed by atoms with E-state index < -0.39 is 0 Å². The van der Waals surface area contributed by atoms with Crippen LogP contribution in [0.15, 0.2) is 15.5 Å². The van der Waals surface area contributed by atoms with E-state index in [-0.39, 0.29) is 5.56 Å². The molecular formula is C13H20BrN3O. The summed E-state index contributed by atoms with van der Waals surface area (Å²) in [5, 5.41) is 7.49. The van der Waals surface area contributed by atoms with Crippen LogP contribution in [0.25, 0.3) is 0 Å². The third-order valence-corrected chi connectivity index (χ3v) is 4.64. The molecule has 1 heterocycles. The molecule has 4 nitrogen and oxygen atoms in total. The minimum Gasteiger partial charge on any atom is -0.382 e. The largest absolute Gasteiger partial charge is 0.382 e. The van der Waals surface area contributed by atoms with Gasteiger partial charge in [-0.15, -0.1) is 0 Å². The van der Waals surface area contributed by atoms with Gasteiger partial charge in [-0.05, 0) is 41.1 Å². The molecule has 0 aliphatic heterocycles. The topological polar surface area (TPSA) is 46.9 Å². The second-order valence-electron chi connectivity index (χ2n) is 5.04. The summed E-state index contributed by atoms with van der Waals surface area (Å²) in [6.07, 6.45) is 5.66. The maximum absolute atomic E-state index is 11.9. The molecule has 1 aromatic rings. The maximum Gasteiger partial charge on any atom is 0.283 e. The molecule has 2 atom stereocenters. The van der Waals surface area contributed by atoms with E-state index in [0.717, 1.165) is 18.2 Å². The van der Waals surface area contributed by atoms with Gasteiger partial charge >= 0.3 is 0 Å². The Hall–Kier alpha value is -0.840. The monoisotopic (exact) mass is 313 g/mol. The highest BCUT2D eigenvalue weighted by Gasteiger charge is 2.23. The van der Waals surface area contributed by atoms with Crippen LogP contribution in [0.3, 0.4) is 0 Å². The first kappa shape index (κ1) is 13.6. The molecule has 1 aliphatic rings. The summed E-state index contributed by atoms with van der Waals surface area (Å²) in [5.41, 5.74) is 0.741. The van der Waals surface area contributed by atoms with E-state index in [2.05, 4.69) is 33.3 Å². The van der Waals surface area contributed by atoms with Crippen molar-refractivity contribution >= 4 is 21.6 Å². The molecule has 0 spiro atoms. The molecular weight excluding hydrogens is 294 g/mol. The number of rotatable bonds is 4. The fourth-order valence-electron chi connectivity index (χ4n) is 2.58. The predicted molar refractivity (Wildman–Crippen MR) is 76.9 cm³/mol. The van der Waals surface area contributed by atoms with Gasteiger partial charge < -0.3 is 5.32 Å². The van der Waals surface area contributed by atoms with E-state index in [1.54, 1.807) is 6.20 Å². The first-order chi connectivity index (χ1) is 8.63. The van der Waals surface area contributed by atoms with Gasteiger partial charge in [-0.1, -0.05) is 19.8 Å². The van der Waals surface area contributed by atoms with Crippen LogP contribution in [-0.2, 0) is 6.54 Å². The van der Waals surface area contributed by atoms with Gasteiger partial charge in [0.1, 0.15) is 4.47 Å². The van der Waals surface area contributed by atoms with Crippen molar-refractivity contribution in [2.24, 2.45) is 11.8 Å². The molecule has 100 valence electrons. The Balaban J connectivity index is 2.06. The lowest BCUT2D eigenvalue weighted by molar-refractivity contribution is 0.439. The average Bonchev–Trinajstić information content (AvgIpc) is 2.77. The highest BCUT2D eigenvalue weighted by Crippen LogP contribution is 2.31. The van der Waals surface area contributed by atoms with Crippen molar-refractivity contribution in [2.45, 2.75) is 39.7 Å². The molecule has 2 rings (SSSR count). The van der Waals surface area contributed by atoms with E-state index in [9.17, 15) is 4.79 Å². The summed E-state index contributed by atoms with van der Waals surface area (Å²) in [6.45, 7) is 5.74. The molecule has 0 amide bonds. The Morgan fingerprint density at radius 1 is 1.56 bits per heavy atom. The van der Waals surface area contributed by atoms with Crippen molar-refractivity contribution in [1.29, 1.82) is 0 Å². The summed E-state index contributed by atoms with van der Waals surface area (Å²) in [5.74, 6) is 1.49. The average molecular weight is 314 g/mol. The van der Waals surface area contributed by atoms with Gasteiger partial charge in [-0.2, -0.15) is 5.10 Å². The van der Waals surface area contributed by atoms with Crippen molar-refractivity contribution < 1.29 is 0 Å². The SMILES string of the molecule is CCn1ncc(NCC2CCCC2C)c(Br)c1=O. The molecule has 0 bridgehead atoms. The number of nitrogens with one attached hydrogen (secondary N) is 1. The second-order valence-corrected chi connectivity index (χ2v) is 5.84. The van der Waals surface area contributed by atoms with Gasteiger partial charge in [0, 0.05) is 13.1 Å². The molecule has 0 aromatic carbocycles. The number of aromatic nitrogens is 2. The molecule has 1 fully saturated rings. The van der Waals surface area contributed by atoms with Gasteiger partial charge in [-0.3, -0.25) is 4.79 Å². The Kier molecular flexibility index (Phi) is 4.43. The summed E-state index contributed by atoms with van der Waals surface area (Å²) in [7, 11) is 0. The lowest BCUT2D eigenvalue weighted by Gasteiger charge is -2.17. The summed E-state index contributed by atoms with van der Waals surface area (Å²) >= 11 is 3.36. The standard InChI is InChI=1S/C13H20BrN3O/c1-3-17-13(18)12(14)11(8-16-17)15-7-10-6-4-5-9(10)2/h8-10,15H,3-7H2,1-2H3. The highest BCUT2D eigenvalue weighted by molar-refractivity contribution is 9.10. The van der Waals surface area contributed by atoms with Crippen LogP contribution in [-0.4, -0.2) is 16.3 Å². The lowest BCUT2D eigenvalue weighted by Crippen LogP contribution is -2.25. The first-order valence-electron chi connectivity index (χ1n) is 6.63. The molecule has 18 heavy (non-hydrogen) atoms. The third-order valence-electron chi connectivity index (χ3n) is 3.88. The van der Waals surface area contributed by atoms with Gasteiger partial charge in [0.2, 0.25) is 0 Å². The molecule has 5 heteroatoms. The smallest absolute Gasteiger partial charge is 0.283 e. The molecule has 1 saturated carbocycles. The number of nitrogens with zero attached hydrogens (tertiary/aromatic N) is 2. The third kappa shape index (κ3) is 2.76. The van der Waals surface area contributed by atoms with Crippen LogP contribution in [0.4, 0.5) is 5.69 Å². The molecule has 2 unspecified atom stereocenters. The van der Waals surface area contributed by atoms with Gasteiger partial charge in [0.05, 0.1) is 11.9 Å². The molecule has 0 radical (unpaired) electrons. The Bertz CT molecular complexity index is 472. The fraction of sp³-hybridized carbons (Fsp3) is 0.692. The second kappa shape index (κ2) is 5.87. The van der Waals surface area contributed by atoms with Crippen molar-refractivity contribution in [3.05, 3.63) is 21.0 Å². The zero-order valence-electron chi connectivity index (χ0n) is 10.9. The maximum atomic E-state index is 11.9. The van der Waals surface area contributed by atoms with E-state index in [1.807, 2.05) is 6.92 Å². The van der Waals surface area contributed by atoms with Crippen LogP contribution >= 0.6 is 15.9 Å². The van der Waals surface area contributed by atoms with E-state index in [4.69, 9.17) is 0 Å². The molecule has 1 aromatic heterocycles. The van der Waals surface area contributed by atoms with Crippen LogP contribution in [0, 0.1) is 11.8 Å². The quantitative estimate of drug-likeness (QED) is 0.929. The summed E-state index contributed by atoms with van der Waals surface area (Å²) < 4.78 is 2.04. The molecule has 0 saturated heterocycles. The van der Waals surface area contributed by atoms with E-state index in [1.165, 1.54) is 23.9 Å². The minimum absolute atomic E-state index is 0.0676. The van der Waals surface area contributed by atoms with Crippen LogP contribution in [0.1, 0.15) is 33.1 Å². The van der Waals surface area contributed by atoms with Gasteiger partial charge in [0.25, 0.3) is 5.56 Å². The lowest BCUT2D eigenvalue weighted by atomic mass is 9.98. The normalized spacial score (nSPS) is 23.3. The van der Waals surface area contributed by atoms with E-state index in [0.29, 0.717) is 16.9 Å². The van der Waals surface area contributed by atoms with Crippen LogP contribution in [0.5, 0.6) is 0 Å². The van der Waals surface area contributed by atoms with Crippen molar-refractivity contribution in [2.75, 3.05) is 11.9 Å². The van der Waals surface area contributed by atoms with Crippen molar-refractivity contribution in [1.82, 2.24) is 9.78 Å².